The lowest BCUT2D eigenvalue weighted by Gasteiger charge is -2.33. The zero-order valence-corrected chi connectivity index (χ0v) is 17.8. The zero-order valence-electron chi connectivity index (χ0n) is 17.8. The van der Waals surface area contributed by atoms with E-state index in [0.717, 1.165) is 38.0 Å². The number of hydrogen-bond acceptors (Lipinski definition) is 3. The summed E-state index contributed by atoms with van der Waals surface area (Å²) < 4.78 is 16.8. The van der Waals surface area contributed by atoms with Crippen molar-refractivity contribution in [1.29, 1.82) is 0 Å². The first-order valence-electron chi connectivity index (χ1n) is 10.8. The predicted molar refractivity (Wildman–Crippen MR) is 115 cm³/mol. The third kappa shape index (κ3) is 4.75. The number of rotatable bonds is 7. The molecule has 2 heterocycles. The van der Waals surface area contributed by atoms with Gasteiger partial charge >= 0.3 is 0 Å². The highest BCUT2D eigenvalue weighted by Crippen LogP contribution is 2.39. The summed E-state index contributed by atoms with van der Waals surface area (Å²) in [5, 5.41) is 6.94. The van der Waals surface area contributed by atoms with Crippen molar-refractivity contribution in [2.75, 3.05) is 13.1 Å². The maximum absolute atomic E-state index is 14.7. The fourth-order valence-corrected chi connectivity index (χ4v) is 4.36. The average molecular weight is 387 g/mol. The number of hydrogen-bond donors (Lipinski definition) is 2. The van der Waals surface area contributed by atoms with Crippen LogP contribution in [0.2, 0.25) is 0 Å². The van der Waals surface area contributed by atoms with Crippen LogP contribution in [-0.4, -0.2) is 28.7 Å². The molecule has 1 aromatic rings. The van der Waals surface area contributed by atoms with Gasteiger partial charge in [-0.25, -0.2) is 9.37 Å². The molecule has 0 unspecified atom stereocenters. The molecule has 0 spiro atoms. The molecule has 1 aliphatic heterocycles. The Morgan fingerprint density at radius 2 is 2.25 bits per heavy atom. The normalized spacial score (nSPS) is 26.5. The van der Waals surface area contributed by atoms with Crippen LogP contribution in [-0.2, 0) is 0 Å². The second-order valence-electron chi connectivity index (χ2n) is 8.16. The molecule has 0 bridgehead atoms. The molecular formula is C23H35FN4. The summed E-state index contributed by atoms with van der Waals surface area (Å²) in [7, 11) is 0. The summed E-state index contributed by atoms with van der Waals surface area (Å²) in [6.07, 6.45) is 13.1. The van der Waals surface area contributed by atoms with Gasteiger partial charge in [-0.05, 0) is 75.4 Å². The Kier molecular flexibility index (Phi) is 7.11. The molecule has 154 valence electrons. The van der Waals surface area contributed by atoms with Crippen molar-refractivity contribution in [2.24, 2.45) is 5.92 Å². The van der Waals surface area contributed by atoms with E-state index in [-0.39, 0.29) is 11.9 Å². The molecule has 1 aromatic heterocycles. The van der Waals surface area contributed by atoms with Crippen molar-refractivity contribution in [3.8, 4) is 0 Å². The quantitative estimate of drug-likeness (QED) is 0.689. The highest BCUT2D eigenvalue weighted by Gasteiger charge is 2.29. The maximum Gasteiger partial charge on any atom is 0.169 e. The highest BCUT2D eigenvalue weighted by molar-refractivity contribution is 5.53. The number of imidazole rings is 1. The van der Waals surface area contributed by atoms with Gasteiger partial charge in [-0.2, -0.15) is 0 Å². The lowest BCUT2D eigenvalue weighted by molar-refractivity contribution is 0.302. The zero-order chi connectivity index (χ0) is 20.1. The summed E-state index contributed by atoms with van der Waals surface area (Å²) in [4.78, 5) is 4.50. The van der Waals surface area contributed by atoms with Crippen LogP contribution < -0.4 is 10.6 Å². The molecule has 1 saturated heterocycles. The fraction of sp³-hybridized carbons (Fsp3) is 0.609. The summed E-state index contributed by atoms with van der Waals surface area (Å²) in [5.74, 6) is 0.787. The van der Waals surface area contributed by atoms with Gasteiger partial charge in [0, 0.05) is 24.8 Å². The maximum atomic E-state index is 14.7. The van der Waals surface area contributed by atoms with Crippen molar-refractivity contribution in [1.82, 2.24) is 20.2 Å². The number of aromatic nitrogens is 2. The van der Waals surface area contributed by atoms with Crippen molar-refractivity contribution >= 4 is 5.83 Å². The van der Waals surface area contributed by atoms with Gasteiger partial charge < -0.3 is 15.2 Å². The van der Waals surface area contributed by atoms with E-state index < -0.39 is 0 Å². The molecule has 2 aliphatic rings. The van der Waals surface area contributed by atoms with E-state index >= 15 is 0 Å². The van der Waals surface area contributed by atoms with Crippen LogP contribution in [0.15, 0.2) is 35.7 Å². The average Bonchev–Trinajstić information content (AvgIpc) is 3.35. The topological polar surface area (TPSA) is 41.9 Å². The number of aryl methyl sites for hydroxylation is 1. The van der Waals surface area contributed by atoms with E-state index in [1.54, 1.807) is 6.08 Å². The first-order chi connectivity index (χ1) is 13.5. The smallest absolute Gasteiger partial charge is 0.169 e. The van der Waals surface area contributed by atoms with E-state index in [1.807, 2.05) is 20.0 Å². The monoisotopic (exact) mass is 386 g/mol. The Hall–Kier alpha value is -1.88. The van der Waals surface area contributed by atoms with Gasteiger partial charge in [0.05, 0.1) is 5.69 Å². The SMILES string of the molecule is CC/C=C(/F)c1nc(C)cn1[C@H]1CC(/C(C)=C\N[C@H]2CCNC2)=CC[C@H]1CC. The van der Waals surface area contributed by atoms with E-state index in [2.05, 4.69) is 46.3 Å². The molecule has 5 heteroatoms. The van der Waals surface area contributed by atoms with Crippen molar-refractivity contribution < 1.29 is 4.39 Å². The predicted octanol–water partition coefficient (Wildman–Crippen LogP) is 5.05. The summed E-state index contributed by atoms with van der Waals surface area (Å²) >= 11 is 0. The lowest BCUT2D eigenvalue weighted by atomic mass is 9.81. The van der Waals surface area contributed by atoms with Crippen LogP contribution in [0.1, 0.15) is 70.4 Å². The molecular weight excluding hydrogens is 351 g/mol. The Morgan fingerprint density at radius 1 is 1.43 bits per heavy atom. The molecule has 0 amide bonds. The Balaban J connectivity index is 1.82. The molecule has 4 nitrogen and oxygen atoms in total. The minimum Gasteiger partial charge on any atom is -0.387 e. The van der Waals surface area contributed by atoms with E-state index in [4.69, 9.17) is 0 Å². The Labute approximate surface area is 169 Å². The molecule has 1 fully saturated rings. The van der Waals surface area contributed by atoms with Crippen LogP contribution >= 0.6 is 0 Å². The second-order valence-corrected chi connectivity index (χ2v) is 8.16. The number of halogens is 1. The Bertz CT molecular complexity index is 753. The standard InChI is InChI=1S/C23H35FN4/c1-5-7-21(24)23-27-17(4)15-28(23)22-12-19(9-8-18(22)6-2)16(3)13-26-20-10-11-25-14-20/h7,9,13,15,18,20,22,25-26H,5-6,8,10-12,14H2,1-4H3/b16-13-,21-7+/t18-,20+,22+/m1/s1. The molecule has 0 saturated carbocycles. The van der Waals surface area contributed by atoms with E-state index in [1.165, 1.54) is 17.6 Å². The van der Waals surface area contributed by atoms with Gasteiger partial charge in [0.25, 0.3) is 0 Å². The van der Waals surface area contributed by atoms with E-state index in [9.17, 15) is 4.39 Å². The Morgan fingerprint density at radius 3 is 2.93 bits per heavy atom. The van der Waals surface area contributed by atoms with E-state index in [0.29, 0.717) is 24.2 Å². The summed E-state index contributed by atoms with van der Waals surface area (Å²) in [5.41, 5.74) is 3.53. The molecule has 3 rings (SSSR count). The molecule has 0 aromatic carbocycles. The summed E-state index contributed by atoms with van der Waals surface area (Å²) in [6.45, 7) is 10.4. The molecule has 0 radical (unpaired) electrons. The third-order valence-electron chi connectivity index (χ3n) is 6.07. The largest absolute Gasteiger partial charge is 0.387 e. The minimum absolute atomic E-state index is 0.204. The van der Waals surface area contributed by atoms with Crippen LogP contribution in [0, 0.1) is 12.8 Å². The number of nitrogens with one attached hydrogen (secondary N) is 2. The van der Waals surface area contributed by atoms with Crippen LogP contribution in [0.5, 0.6) is 0 Å². The highest BCUT2D eigenvalue weighted by atomic mass is 19.1. The van der Waals surface area contributed by atoms with Gasteiger partial charge in [0.2, 0.25) is 0 Å². The van der Waals surface area contributed by atoms with Crippen molar-refractivity contribution in [3.63, 3.8) is 0 Å². The first-order valence-corrected chi connectivity index (χ1v) is 10.8. The van der Waals surface area contributed by atoms with Gasteiger partial charge in [0.1, 0.15) is 0 Å². The minimum atomic E-state index is -0.204. The number of allylic oxidation sites excluding steroid dienone is 4. The van der Waals surface area contributed by atoms with Crippen LogP contribution in [0.25, 0.3) is 5.83 Å². The summed E-state index contributed by atoms with van der Waals surface area (Å²) in [6, 6.07) is 0.767. The molecule has 3 atom stereocenters. The van der Waals surface area contributed by atoms with Gasteiger partial charge in [-0.15, -0.1) is 0 Å². The van der Waals surface area contributed by atoms with Crippen molar-refractivity contribution in [3.05, 3.63) is 47.2 Å². The first kappa shape index (κ1) is 20.8. The third-order valence-corrected chi connectivity index (χ3v) is 6.07. The lowest BCUT2D eigenvalue weighted by Crippen LogP contribution is -2.27. The molecule has 28 heavy (non-hydrogen) atoms. The number of nitrogens with zero attached hydrogens (tertiary/aromatic N) is 2. The van der Waals surface area contributed by atoms with Gasteiger partial charge in [0.15, 0.2) is 11.7 Å². The fourth-order valence-electron chi connectivity index (χ4n) is 4.36. The second kappa shape index (κ2) is 9.55. The van der Waals surface area contributed by atoms with Crippen LogP contribution in [0.3, 0.4) is 0 Å². The molecule has 1 aliphatic carbocycles. The van der Waals surface area contributed by atoms with Gasteiger partial charge in [-0.3, -0.25) is 0 Å². The van der Waals surface area contributed by atoms with Crippen molar-refractivity contribution in [2.45, 2.75) is 71.9 Å². The van der Waals surface area contributed by atoms with Gasteiger partial charge in [-0.1, -0.05) is 26.3 Å². The van der Waals surface area contributed by atoms with Crippen LogP contribution in [0.4, 0.5) is 4.39 Å². The molecule has 2 N–H and O–H groups in total.